The molecule has 0 unspecified atom stereocenters. The zero-order valence-electron chi connectivity index (χ0n) is 13.8. The predicted octanol–water partition coefficient (Wildman–Crippen LogP) is 6.47. The van der Waals surface area contributed by atoms with Gasteiger partial charge in [-0.25, -0.2) is 4.39 Å². The second-order valence-corrected chi connectivity index (χ2v) is 6.51. The van der Waals surface area contributed by atoms with Crippen molar-refractivity contribution in [2.45, 2.75) is 6.18 Å². The van der Waals surface area contributed by atoms with Gasteiger partial charge in [0.05, 0.1) is 11.3 Å². The number of nitrogens with zero attached hydrogens (tertiary/aromatic N) is 1. The van der Waals surface area contributed by atoms with E-state index in [2.05, 4.69) is 10.3 Å². The van der Waals surface area contributed by atoms with E-state index in [0.717, 1.165) is 24.4 Å². The molecule has 1 aromatic heterocycles. The van der Waals surface area contributed by atoms with Crippen molar-refractivity contribution in [3.8, 4) is 11.1 Å². The lowest BCUT2D eigenvalue weighted by atomic mass is 10.0. The molecule has 0 aliphatic rings. The number of benzene rings is 2. The average Bonchev–Trinajstić information content (AvgIpc) is 2.62. The molecule has 28 heavy (non-hydrogen) atoms. The topological polar surface area (TPSA) is 42.0 Å². The van der Waals surface area contributed by atoms with Crippen LogP contribution in [0.15, 0.2) is 54.7 Å². The number of pyridine rings is 1. The molecule has 0 saturated carbocycles. The standard InChI is InChI=1S/C19H10Cl2F4N2O/c20-10-3-5-12(15(21)8-10)13-6-4-11(22)9-16(13)27-18(28)14-2-1-7-26-17(14)19(23,24)25/h1-9H,(H,27,28). The van der Waals surface area contributed by atoms with Gasteiger partial charge in [0.1, 0.15) is 5.82 Å². The van der Waals surface area contributed by atoms with Crippen LogP contribution in [-0.4, -0.2) is 10.9 Å². The minimum absolute atomic E-state index is 0.0498. The molecule has 3 nitrogen and oxygen atoms in total. The molecule has 1 N–H and O–H groups in total. The van der Waals surface area contributed by atoms with E-state index < -0.39 is 29.2 Å². The SMILES string of the molecule is O=C(Nc1cc(F)ccc1-c1ccc(Cl)cc1Cl)c1cccnc1C(F)(F)F. The molecule has 1 amide bonds. The molecule has 144 valence electrons. The Morgan fingerprint density at radius 2 is 1.71 bits per heavy atom. The average molecular weight is 429 g/mol. The first-order valence-corrected chi connectivity index (χ1v) is 8.51. The number of rotatable bonds is 3. The first-order valence-electron chi connectivity index (χ1n) is 7.75. The van der Waals surface area contributed by atoms with Gasteiger partial charge in [-0.15, -0.1) is 0 Å². The lowest BCUT2D eigenvalue weighted by molar-refractivity contribution is -0.141. The molecule has 0 atom stereocenters. The zero-order chi connectivity index (χ0) is 20.5. The Labute approximate surface area is 166 Å². The van der Waals surface area contributed by atoms with E-state index in [9.17, 15) is 22.4 Å². The Hall–Kier alpha value is -2.64. The Balaban J connectivity index is 2.04. The van der Waals surface area contributed by atoms with E-state index in [1.807, 2.05) is 0 Å². The number of halogens is 6. The molecule has 2 aromatic carbocycles. The number of alkyl halides is 3. The van der Waals surface area contributed by atoms with Gasteiger partial charge in [0.25, 0.3) is 5.91 Å². The lowest BCUT2D eigenvalue weighted by Gasteiger charge is -2.15. The third-order valence-electron chi connectivity index (χ3n) is 3.77. The number of hydrogen-bond donors (Lipinski definition) is 1. The minimum Gasteiger partial charge on any atom is -0.321 e. The van der Waals surface area contributed by atoms with Crippen molar-refractivity contribution in [3.63, 3.8) is 0 Å². The number of nitrogens with one attached hydrogen (secondary N) is 1. The van der Waals surface area contributed by atoms with Crippen molar-refractivity contribution >= 4 is 34.8 Å². The molecule has 0 radical (unpaired) electrons. The van der Waals surface area contributed by atoms with Crippen molar-refractivity contribution in [3.05, 3.63) is 81.8 Å². The van der Waals surface area contributed by atoms with Gasteiger partial charge in [-0.3, -0.25) is 9.78 Å². The van der Waals surface area contributed by atoms with Crippen LogP contribution in [-0.2, 0) is 6.18 Å². The first-order chi connectivity index (χ1) is 13.2. The second kappa shape index (κ2) is 7.77. The summed E-state index contributed by atoms with van der Waals surface area (Å²) in [5.74, 6) is -1.77. The minimum atomic E-state index is -4.82. The smallest absolute Gasteiger partial charge is 0.321 e. The van der Waals surface area contributed by atoms with Crippen molar-refractivity contribution in [2.75, 3.05) is 5.32 Å². The Kier molecular flexibility index (Phi) is 5.58. The summed E-state index contributed by atoms with van der Waals surface area (Å²) in [5.41, 5.74) is -1.34. The molecular weight excluding hydrogens is 419 g/mol. The van der Waals surface area contributed by atoms with Crippen LogP contribution in [0.2, 0.25) is 10.0 Å². The monoisotopic (exact) mass is 428 g/mol. The lowest BCUT2D eigenvalue weighted by Crippen LogP contribution is -2.20. The third-order valence-corrected chi connectivity index (χ3v) is 4.32. The molecule has 0 aliphatic heterocycles. The fourth-order valence-corrected chi connectivity index (χ4v) is 3.08. The molecule has 0 spiro atoms. The predicted molar refractivity (Wildman–Crippen MR) is 99.0 cm³/mol. The number of carbonyl (C=O) groups excluding carboxylic acids is 1. The maximum Gasteiger partial charge on any atom is 0.434 e. The maximum absolute atomic E-state index is 13.8. The van der Waals surface area contributed by atoms with Gasteiger partial charge in [-0.1, -0.05) is 29.3 Å². The summed E-state index contributed by atoms with van der Waals surface area (Å²) < 4.78 is 53.1. The first kappa shape index (κ1) is 20.1. The molecule has 0 aliphatic carbocycles. The van der Waals surface area contributed by atoms with Crippen molar-refractivity contribution in [1.29, 1.82) is 0 Å². The number of hydrogen-bond acceptors (Lipinski definition) is 2. The number of aromatic nitrogens is 1. The third kappa shape index (κ3) is 4.26. The van der Waals surface area contributed by atoms with E-state index in [-0.39, 0.29) is 10.7 Å². The number of anilines is 1. The van der Waals surface area contributed by atoms with Crippen LogP contribution in [0.1, 0.15) is 16.1 Å². The summed E-state index contributed by atoms with van der Waals surface area (Å²) in [5, 5.41) is 2.91. The largest absolute Gasteiger partial charge is 0.434 e. The maximum atomic E-state index is 13.8. The highest BCUT2D eigenvalue weighted by Gasteiger charge is 2.37. The van der Waals surface area contributed by atoms with Crippen LogP contribution in [0, 0.1) is 5.82 Å². The Bertz CT molecular complexity index is 1050. The summed E-state index contributed by atoms with van der Waals surface area (Å²) >= 11 is 12.0. The Morgan fingerprint density at radius 3 is 2.39 bits per heavy atom. The molecular formula is C19H10Cl2F4N2O. The van der Waals surface area contributed by atoms with Gasteiger partial charge in [0.15, 0.2) is 5.69 Å². The second-order valence-electron chi connectivity index (χ2n) is 5.67. The summed E-state index contributed by atoms with van der Waals surface area (Å²) in [7, 11) is 0. The van der Waals surface area contributed by atoms with E-state index in [0.29, 0.717) is 16.1 Å². The molecule has 3 aromatic rings. The summed E-state index contributed by atoms with van der Waals surface area (Å²) in [6.45, 7) is 0. The van der Waals surface area contributed by atoms with E-state index >= 15 is 0 Å². The fourth-order valence-electron chi connectivity index (χ4n) is 2.57. The van der Waals surface area contributed by atoms with Gasteiger partial charge >= 0.3 is 6.18 Å². The molecule has 0 fully saturated rings. The number of carbonyl (C=O) groups is 1. The van der Waals surface area contributed by atoms with Crippen LogP contribution >= 0.6 is 23.2 Å². The normalized spacial score (nSPS) is 11.4. The molecule has 0 bridgehead atoms. The highest BCUT2D eigenvalue weighted by Crippen LogP contribution is 2.36. The highest BCUT2D eigenvalue weighted by molar-refractivity contribution is 6.36. The van der Waals surface area contributed by atoms with E-state index in [4.69, 9.17) is 23.2 Å². The van der Waals surface area contributed by atoms with Crippen LogP contribution in [0.4, 0.5) is 23.2 Å². The van der Waals surface area contributed by atoms with Crippen LogP contribution in [0.3, 0.4) is 0 Å². The Morgan fingerprint density at radius 1 is 1.00 bits per heavy atom. The summed E-state index contributed by atoms with van der Waals surface area (Å²) in [6.07, 6.45) is -3.89. The van der Waals surface area contributed by atoms with Gasteiger partial charge in [0, 0.05) is 27.4 Å². The van der Waals surface area contributed by atoms with Crippen molar-refractivity contribution in [2.24, 2.45) is 0 Å². The molecule has 0 saturated heterocycles. The molecule has 1 heterocycles. The van der Waals surface area contributed by atoms with Gasteiger partial charge in [-0.2, -0.15) is 13.2 Å². The van der Waals surface area contributed by atoms with E-state index in [1.165, 1.54) is 18.2 Å². The van der Waals surface area contributed by atoms with E-state index in [1.54, 1.807) is 12.1 Å². The fraction of sp³-hybridized carbons (Fsp3) is 0.0526. The summed E-state index contributed by atoms with van der Waals surface area (Å²) in [6, 6.07) is 10.2. The van der Waals surface area contributed by atoms with Gasteiger partial charge in [-0.05, 0) is 42.5 Å². The molecule has 9 heteroatoms. The van der Waals surface area contributed by atoms with Crippen molar-refractivity contribution in [1.82, 2.24) is 4.98 Å². The number of amides is 1. The van der Waals surface area contributed by atoms with Crippen LogP contribution < -0.4 is 5.32 Å². The van der Waals surface area contributed by atoms with Crippen LogP contribution in [0.25, 0.3) is 11.1 Å². The van der Waals surface area contributed by atoms with Crippen LogP contribution in [0.5, 0.6) is 0 Å². The summed E-state index contributed by atoms with van der Waals surface area (Å²) in [4.78, 5) is 15.7. The zero-order valence-corrected chi connectivity index (χ0v) is 15.3. The highest BCUT2D eigenvalue weighted by atomic mass is 35.5. The quantitative estimate of drug-likeness (QED) is 0.486. The van der Waals surface area contributed by atoms with Crippen molar-refractivity contribution < 1.29 is 22.4 Å². The van der Waals surface area contributed by atoms with Gasteiger partial charge < -0.3 is 5.32 Å². The van der Waals surface area contributed by atoms with Gasteiger partial charge in [0.2, 0.25) is 0 Å². The molecule has 3 rings (SSSR count).